The highest BCUT2D eigenvalue weighted by molar-refractivity contribution is 5.83. The van der Waals surface area contributed by atoms with Crippen LogP contribution in [0, 0.1) is 0 Å². The monoisotopic (exact) mass is 385 g/mol. The van der Waals surface area contributed by atoms with Crippen LogP contribution < -0.4 is 10.5 Å². The summed E-state index contributed by atoms with van der Waals surface area (Å²) in [6.45, 7) is 0.400. The summed E-state index contributed by atoms with van der Waals surface area (Å²) in [6, 6.07) is 15.8. The molecule has 7 nitrogen and oxygen atoms in total. The highest BCUT2D eigenvalue weighted by Crippen LogP contribution is 2.25. The SMILES string of the molecule is N[C@H](COc1cncc(-c2ccc3nonc3c2)c1)Cc1c[nH]c2ccccc12. The molecule has 0 radical (unpaired) electrons. The number of pyridine rings is 1. The number of aromatic amines is 1. The molecule has 0 aliphatic rings. The number of fused-ring (bicyclic) bond motifs is 2. The van der Waals surface area contributed by atoms with Crippen LogP contribution in [0.1, 0.15) is 5.56 Å². The molecule has 0 unspecified atom stereocenters. The van der Waals surface area contributed by atoms with E-state index in [1.54, 1.807) is 12.4 Å². The van der Waals surface area contributed by atoms with Crippen LogP contribution >= 0.6 is 0 Å². The van der Waals surface area contributed by atoms with E-state index in [1.165, 1.54) is 10.9 Å². The zero-order chi connectivity index (χ0) is 19.6. The molecule has 0 aliphatic heterocycles. The van der Waals surface area contributed by atoms with Gasteiger partial charge in [-0.25, -0.2) is 4.63 Å². The number of benzene rings is 2. The third kappa shape index (κ3) is 3.55. The summed E-state index contributed by atoms with van der Waals surface area (Å²) in [5, 5.41) is 8.91. The average Bonchev–Trinajstić information content (AvgIpc) is 3.39. The van der Waals surface area contributed by atoms with Gasteiger partial charge in [-0.3, -0.25) is 4.98 Å². The molecule has 0 fully saturated rings. The van der Waals surface area contributed by atoms with Gasteiger partial charge in [0.15, 0.2) is 0 Å². The maximum atomic E-state index is 6.32. The fraction of sp³-hybridized carbons (Fsp3) is 0.136. The largest absolute Gasteiger partial charge is 0.490 e. The maximum Gasteiger partial charge on any atom is 0.138 e. The minimum Gasteiger partial charge on any atom is -0.490 e. The topological polar surface area (TPSA) is 103 Å². The predicted octanol–water partition coefficient (Wildman–Crippen LogP) is 3.71. The first kappa shape index (κ1) is 17.4. The third-order valence-corrected chi connectivity index (χ3v) is 4.92. The van der Waals surface area contributed by atoms with Gasteiger partial charge in [0.25, 0.3) is 0 Å². The van der Waals surface area contributed by atoms with E-state index >= 15 is 0 Å². The van der Waals surface area contributed by atoms with E-state index in [1.807, 2.05) is 42.6 Å². The zero-order valence-corrected chi connectivity index (χ0v) is 15.6. The molecule has 3 heterocycles. The summed E-state index contributed by atoms with van der Waals surface area (Å²) in [5.41, 5.74) is 11.9. The number of nitrogens with one attached hydrogen (secondary N) is 1. The first-order valence-corrected chi connectivity index (χ1v) is 9.37. The van der Waals surface area contributed by atoms with Crippen LogP contribution in [0.2, 0.25) is 0 Å². The summed E-state index contributed by atoms with van der Waals surface area (Å²) in [4.78, 5) is 7.57. The Kier molecular flexibility index (Phi) is 4.42. The molecule has 7 heteroatoms. The molecule has 0 spiro atoms. The lowest BCUT2D eigenvalue weighted by Crippen LogP contribution is -2.30. The second-order valence-corrected chi connectivity index (χ2v) is 7.01. The zero-order valence-electron chi connectivity index (χ0n) is 15.6. The smallest absolute Gasteiger partial charge is 0.138 e. The summed E-state index contributed by atoms with van der Waals surface area (Å²) >= 11 is 0. The minimum atomic E-state index is -0.129. The second kappa shape index (κ2) is 7.37. The van der Waals surface area contributed by atoms with Gasteiger partial charge < -0.3 is 15.5 Å². The molecule has 1 atom stereocenters. The number of ether oxygens (including phenoxy) is 1. The van der Waals surface area contributed by atoms with Crippen molar-refractivity contribution in [3.8, 4) is 16.9 Å². The number of nitrogens with two attached hydrogens (primary N) is 1. The van der Waals surface area contributed by atoms with Crippen molar-refractivity contribution >= 4 is 21.9 Å². The Bertz CT molecular complexity index is 1280. The van der Waals surface area contributed by atoms with Crippen molar-refractivity contribution in [3.63, 3.8) is 0 Å². The average molecular weight is 385 g/mol. The number of aromatic nitrogens is 4. The van der Waals surface area contributed by atoms with Crippen LogP contribution in [0.25, 0.3) is 33.1 Å². The van der Waals surface area contributed by atoms with Gasteiger partial charge in [-0.1, -0.05) is 24.3 Å². The van der Waals surface area contributed by atoms with Gasteiger partial charge >= 0.3 is 0 Å². The van der Waals surface area contributed by atoms with E-state index < -0.39 is 0 Å². The number of hydrogen-bond donors (Lipinski definition) is 2. The Hall–Kier alpha value is -3.71. The lowest BCUT2D eigenvalue weighted by molar-refractivity contribution is 0.287. The molecule has 0 saturated carbocycles. The van der Waals surface area contributed by atoms with Gasteiger partial charge in [-0.15, -0.1) is 0 Å². The maximum absolute atomic E-state index is 6.32. The molecule has 5 aromatic rings. The standard InChI is InChI=1S/C22H19N5O2/c23-17(7-16-11-25-20-4-2-1-3-19(16)20)13-28-18-8-15(10-24-12-18)14-5-6-21-22(9-14)27-29-26-21/h1-6,8-12,17,25H,7,13,23H2/t17-/m0/s1. The van der Waals surface area contributed by atoms with Crippen molar-refractivity contribution in [3.05, 3.63) is 72.7 Å². The highest BCUT2D eigenvalue weighted by atomic mass is 16.6. The van der Waals surface area contributed by atoms with Crippen LogP contribution in [0.4, 0.5) is 0 Å². The van der Waals surface area contributed by atoms with Crippen molar-refractivity contribution in [2.75, 3.05) is 6.61 Å². The van der Waals surface area contributed by atoms with Crippen molar-refractivity contribution in [2.45, 2.75) is 12.5 Å². The van der Waals surface area contributed by atoms with Crippen LogP contribution in [0.5, 0.6) is 5.75 Å². The van der Waals surface area contributed by atoms with Gasteiger partial charge in [-0.2, -0.15) is 0 Å². The quantitative estimate of drug-likeness (QED) is 0.462. The van der Waals surface area contributed by atoms with E-state index in [0.717, 1.165) is 28.6 Å². The summed E-state index contributed by atoms with van der Waals surface area (Å²) in [7, 11) is 0. The summed E-state index contributed by atoms with van der Waals surface area (Å²) in [5.74, 6) is 0.676. The highest BCUT2D eigenvalue weighted by Gasteiger charge is 2.11. The molecule has 0 aliphatic carbocycles. The Morgan fingerprint density at radius 3 is 2.86 bits per heavy atom. The van der Waals surface area contributed by atoms with Crippen molar-refractivity contribution in [1.29, 1.82) is 0 Å². The van der Waals surface area contributed by atoms with E-state index in [9.17, 15) is 0 Å². The molecule has 0 bridgehead atoms. The Balaban J connectivity index is 1.27. The molecule has 144 valence electrons. The lowest BCUT2D eigenvalue weighted by atomic mass is 10.1. The third-order valence-electron chi connectivity index (χ3n) is 4.92. The Labute approximate surface area is 166 Å². The van der Waals surface area contributed by atoms with Crippen molar-refractivity contribution in [2.24, 2.45) is 5.73 Å². The summed E-state index contributed by atoms with van der Waals surface area (Å²) < 4.78 is 10.7. The fourth-order valence-electron chi connectivity index (χ4n) is 3.46. The van der Waals surface area contributed by atoms with Gasteiger partial charge in [0.05, 0.1) is 6.20 Å². The number of H-pyrrole nitrogens is 1. The fourth-order valence-corrected chi connectivity index (χ4v) is 3.46. The van der Waals surface area contributed by atoms with Crippen molar-refractivity contribution in [1.82, 2.24) is 20.3 Å². The van der Waals surface area contributed by atoms with Crippen LogP contribution in [-0.4, -0.2) is 32.9 Å². The molecular weight excluding hydrogens is 366 g/mol. The van der Waals surface area contributed by atoms with Crippen LogP contribution in [0.15, 0.2) is 71.8 Å². The van der Waals surface area contributed by atoms with Gasteiger partial charge in [0.2, 0.25) is 0 Å². The number of nitrogens with zero attached hydrogens (tertiary/aromatic N) is 3. The Morgan fingerprint density at radius 1 is 1.00 bits per heavy atom. The number of para-hydroxylation sites is 1. The van der Waals surface area contributed by atoms with E-state index in [2.05, 4.69) is 32.4 Å². The van der Waals surface area contributed by atoms with Gasteiger partial charge in [-0.05, 0) is 52.1 Å². The van der Waals surface area contributed by atoms with Crippen LogP contribution in [0.3, 0.4) is 0 Å². The number of rotatable bonds is 6. The first-order chi connectivity index (χ1) is 14.3. The molecule has 5 rings (SSSR count). The van der Waals surface area contributed by atoms with E-state index in [-0.39, 0.29) is 6.04 Å². The molecule has 3 N–H and O–H groups in total. The van der Waals surface area contributed by atoms with E-state index in [4.69, 9.17) is 15.1 Å². The summed E-state index contributed by atoms with van der Waals surface area (Å²) in [6.07, 6.45) is 6.22. The normalized spacial score (nSPS) is 12.4. The number of hydrogen-bond acceptors (Lipinski definition) is 6. The molecule has 0 saturated heterocycles. The van der Waals surface area contributed by atoms with E-state index in [0.29, 0.717) is 17.9 Å². The molecule has 29 heavy (non-hydrogen) atoms. The van der Waals surface area contributed by atoms with Gasteiger partial charge in [0.1, 0.15) is 23.4 Å². The molecular formula is C22H19N5O2. The Morgan fingerprint density at radius 2 is 1.90 bits per heavy atom. The minimum absolute atomic E-state index is 0.129. The molecule has 3 aromatic heterocycles. The molecule has 0 amide bonds. The lowest BCUT2D eigenvalue weighted by Gasteiger charge is -2.13. The second-order valence-electron chi connectivity index (χ2n) is 7.01. The van der Waals surface area contributed by atoms with Crippen LogP contribution in [-0.2, 0) is 6.42 Å². The predicted molar refractivity (Wildman–Crippen MR) is 111 cm³/mol. The van der Waals surface area contributed by atoms with Crippen molar-refractivity contribution < 1.29 is 9.37 Å². The van der Waals surface area contributed by atoms with Gasteiger partial charge in [0, 0.05) is 34.9 Å². The molecule has 2 aromatic carbocycles. The first-order valence-electron chi connectivity index (χ1n) is 9.37.